The molecule has 7 heteroatoms. The monoisotopic (exact) mass is 696 g/mol. The van der Waals surface area contributed by atoms with Crippen molar-refractivity contribution in [3.05, 3.63) is 11.1 Å². The molecule has 0 spiro atoms. The molecule has 0 saturated heterocycles. The van der Waals surface area contributed by atoms with Crippen LogP contribution in [0, 0.1) is 56.2 Å². The largest absolute Gasteiger partial charge is 0.481 e. The normalized spacial score (nSPS) is 40.8. The number of aliphatic carboxylic acids is 1. The molecule has 0 heterocycles. The fourth-order valence-corrected chi connectivity index (χ4v) is 13.7. The number of ketones is 1. The van der Waals surface area contributed by atoms with Gasteiger partial charge < -0.3 is 20.3 Å². The molecule has 0 amide bonds. The first-order valence-corrected chi connectivity index (χ1v) is 20.4. The molecule has 0 aromatic heterocycles. The number of allylic oxidation sites excluding steroid dienone is 1. The lowest BCUT2D eigenvalue weighted by Crippen LogP contribution is -2.66. The fraction of sp³-hybridized carbons (Fsp3) is 0.884. The van der Waals surface area contributed by atoms with Crippen molar-refractivity contribution in [1.29, 1.82) is 0 Å². The number of carbonyl (C=O) groups is 3. The molecule has 0 aromatic rings. The first-order valence-electron chi connectivity index (χ1n) is 20.4. The van der Waals surface area contributed by atoms with Gasteiger partial charge in [0.15, 0.2) is 5.78 Å². The van der Waals surface area contributed by atoms with Crippen LogP contribution in [0.4, 0.5) is 0 Å². The van der Waals surface area contributed by atoms with Crippen LogP contribution in [0.25, 0.3) is 0 Å². The van der Waals surface area contributed by atoms with E-state index in [9.17, 15) is 24.6 Å². The molecule has 7 nitrogen and oxygen atoms in total. The summed E-state index contributed by atoms with van der Waals surface area (Å²) in [5.74, 6) is 0.246. The summed E-state index contributed by atoms with van der Waals surface area (Å²) in [6.45, 7) is 20.4. The van der Waals surface area contributed by atoms with Gasteiger partial charge in [0.05, 0.1) is 17.9 Å². The Morgan fingerprint density at radius 2 is 1.56 bits per heavy atom. The molecule has 6 aliphatic carbocycles. The second-order valence-corrected chi connectivity index (χ2v) is 20.3. The first kappa shape index (κ1) is 38.0. The predicted octanol–water partition coefficient (Wildman–Crippen LogP) is 8.66. The number of aliphatic hydroxyl groups excluding tert-OH is 1. The Balaban J connectivity index is 1.27. The highest BCUT2D eigenvalue weighted by atomic mass is 16.5. The predicted molar refractivity (Wildman–Crippen MR) is 196 cm³/mol. The lowest BCUT2D eigenvalue weighted by atomic mass is 9.33. The molecule has 5 fully saturated rings. The van der Waals surface area contributed by atoms with Crippen LogP contribution in [0.2, 0.25) is 0 Å². The second kappa shape index (κ2) is 13.0. The van der Waals surface area contributed by atoms with Crippen LogP contribution >= 0.6 is 0 Å². The lowest BCUT2D eigenvalue weighted by Gasteiger charge is -2.72. The summed E-state index contributed by atoms with van der Waals surface area (Å²) >= 11 is 0. The molecule has 0 bridgehead atoms. The van der Waals surface area contributed by atoms with E-state index in [0.717, 1.165) is 56.9 Å². The summed E-state index contributed by atoms with van der Waals surface area (Å²) in [6, 6.07) is 0.475. The van der Waals surface area contributed by atoms with Gasteiger partial charge in [-0.2, -0.15) is 0 Å². The van der Waals surface area contributed by atoms with Crippen molar-refractivity contribution >= 4 is 17.7 Å². The minimum atomic E-state index is -1.15. The number of rotatable bonds is 9. The summed E-state index contributed by atoms with van der Waals surface area (Å²) in [5, 5.41) is 25.5. The van der Waals surface area contributed by atoms with Crippen molar-refractivity contribution in [2.45, 2.75) is 177 Å². The summed E-state index contributed by atoms with van der Waals surface area (Å²) in [6.07, 6.45) is 13.8. The van der Waals surface area contributed by atoms with E-state index in [1.54, 1.807) is 13.8 Å². The third-order valence-corrected chi connectivity index (χ3v) is 16.7. The van der Waals surface area contributed by atoms with Gasteiger partial charge in [-0.15, -0.1) is 0 Å². The van der Waals surface area contributed by atoms with Crippen molar-refractivity contribution in [3.8, 4) is 0 Å². The van der Waals surface area contributed by atoms with Gasteiger partial charge in [-0.05, 0) is 124 Å². The second-order valence-electron chi connectivity index (χ2n) is 20.3. The summed E-state index contributed by atoms with van der Waals surface area (Å²) in [7, 11) is 0. The molecule has 6 aliphatic rings. The molecule has 0 aromatic carbocycles. The number of ether oxygens (including phenoxy) is 1. The highest BCUT2D eigenvalue weighted by Crippen LogP contribution is 2.77. The van der Waals surface area contributed by atoms with Gasteiger partial charge in [0.25, 0.3) is 0 Å². The number of hydrogen-bond donors (Lipinski definition) is 3. The zero-order chi connectivity index (χ0) is 36.7. The van der Waals surface area contributed by atoms with Crippen molar-refractivity contribution in [2.24, 2.45) is 56.2 Å². The highest BCUT2D eigenvalue weighted by molar-refractivity contribution is 6.00. The topological polar surface area (TPSA) is 113 Å². The Morgan fingerprint density at radius 3 is 2.20 bits per heavy atom. The quantitative estimate of drug-likeness (QED) is 0.207. The van der Waals surface area contributed by atoms with Crippen LogP contribution in [0.1, 0.15) is 159 Å². The van der Waals surface area contributed by atoms with Gasteiger partial charge in [0.2, 0.25) is 0 Å². The molecule has 0 radical (unpaired) electrons. The Bertz CT molecular complexity index is 1390. The molecule has 3 N–H and O–H groups in total. The third kappa shape index (κ3) is 5.76. The van der Waals surface area contributed by atoms with Crippen molar-refractivity contribution in [1.82, 2.24) is 5.32 Å². The van der Waals surface area contributed by atoms with Crippen LogP contribution < -0.4 is 5.32 Å². The molecular weight excluding hydrogens is 626 g/mol. The zero-order valence-electron chi connectivity index (χ0n) is 32.9. The van der Waals surface area contributed by atoms with Gasteiger partial charge in [0, 0.05) is 29.8 Å². The number of carboxylic acids is 1. The Hall–Kier alpha value is -1.73. The van der Waals surface area contributed by atoms with Gasteiger partial charge in [-0.1, -0.05) is 73.3 Å². The number of aliphatic hydroxyl groups is 1. The molecular formula is C43H69NO6. The number of esters is 1. The van der Waals surface area contributed by atoms with Crippen molar-refractivity contribution in [3.63, 3.8) is 0 Å². The van der Waals surface area contributed by atoms with E-state index in [0.29, 0.717) is 36.8 Å². The first-order chi connectivity index (χ1) is 23.2. The molecule has 1 unspecified atom stereocenters. The van der Waals surface area contributed by atoms with E-state index in [2.05, 4.69) is 53.8 Å². The van der Waals surface area contributed by atoms with Gasteiger partial charge in [-0.25, -0.2) is 0 Å². The Kier molecular flexibility index (Phi) is 9.87. The van der Waals surface area contributed by atoms with E-state index < -0.39 is 28.9 Å². The maximum atomic E-state index is 14.0. The number of carbonyl (C=O) groups excluding carboxylic acids is 2. The average Bonchev–Trinajstić information content (AvgIpc) is 3.35. The smallest absolute Gasteiger partial charge is 0.309 e. The van der Waals surface area contributed by atoms with E-state index >= 15 is 0 Å². The Labute approximate surface area is 302 Å². The summed E-state index contributed by atoms with van der Waals surface area (Å²) < 4.78 is 6.17. The van der Waals surface area contributed by atoms with E-state index in [1.165, 1.54) is 37.7 Å². The molecule has 9 atom stereocenters. The molecule has 0 aliphatic heterocycles. The minimum Gasteiger partial charge on any atom is -0.481 e. The molecule has 5 saturated carbocycles. The molecule has 282 valence electrons. The van der Waals surface area contributed by atoms with Crippen LogP contribution in [0.5, 0.6) is 0 Å². The van der Waals surface area contributed by atoms with E-state index in [4.69, 9.17) is 4.74 Å². The number of nitrogens with one attached hydrogen (secondary N) is 1. The van der Waals surface area contributed by atoms with Gasteiger partial charge in [0.1, 0.15) is 6.10 Å². The third-order valence-electron chi connectivity index (χ3n) is 16.7. The molecule has 6 rings (SSSR count). The SMILES string of the molecule is CC(C)C1=C2[C@H]3CC[C@@H]4[C@@]5(C)CC[C@H](OC(=O)CC(C)(C)C(=O)O)C(C)(C)C5CC[C@@]4(C)[C@]3(C)CC[C@@]2([C@H](O)CNC2CCCCC2)CC1=O. The lowest BCUT2D eigenvalue weighted by molar-refractivity contribution is -0.235. The van der Waals surface area contributed by atoms with E-state index in [-0.39, 0.29) is 45.9 Å². The number of fused-ring (bicyclic) bond motifs is 7. The zero-order valence-corrected chi connectivity index (χ0v) is 32.9. The fourth-order valence-electron chi connectivity index (χ4n) is 13.7. The number of Topliss-reactive ketones (excluding diaryl/α,β-unsaturated/α-hetero) is 1. The van der Waals surface area contributed by atoms with Gasteiger partial charge in [-0.3, -0.25) is 14.4 Å². The van der Waals surface area contributed by atoms with Crippen LogP contribution in [-0.4, -0.2) is 52.7 Å². The molecule has 50 heavy (non-hydrogen) atoms. The van der Waals surface area contributed by atoms with Crippen molar-refractivity contribution in [2.75, 3.05) is 6.54 Å². The maximum absolute atomic E-state index is 14.0. The average molecular weight is 696 g/mol. The van der Waals surface area contributed by atoms with Crippen LogP contribution in [-0.2, 0) is 19.1 Å². The summed E-state index contributed by atoms with van der Waals surface area (Å²) in [4.78, 5) is 38.8. The highest BCUT2D eigenvalue weighted by Gasteiger charge is 2.70. The number of carboxylic acid groups (broad SMARTS) is 1. The van der Waals surface area contributed by atoms with Crippen LogP contribution in [0.3, 0.4) is 0 Å². The standard InChI is InChI=1S/C43H69NO6/c1-26(2)35-29(45)23-43(32(46)25-44-27-13-11-10-12-14-27)22-21-41(8)28(36(35)43)15-16-31-40(7)19-18-33(50-34(47)24-38(3,4)37(48)49)39(5,6)30(40)17-20-42(31,41)9/h26-28,30-33,44,46H,10-25H2,1-9H3,(H,48,49)/t28-,30?,31-,32-,33+,40+,41-,42-,43+/m1/s1. The minimum absolute atomic E-state index is 0.0277. The van der Waals surface area contributed by atoms with Crippen molar-refractivity contribution < 1.29 is 29.3 Å². The van der Waals surface area contributed by atoms with Gasteiger partial charge >= 0.3 is 11.9 Å². The number of hydrogen-bond acceptors (Lipinski definition) is 6. The van der Waals surface area contributed by atoms with Crippen LogP contribution in [0.15, 0.2) is 11.1 Å². The van der Waals surface area contributed by atoms with E-state index in [1.807, 2.05) is 0 Å². The summed E-state index contributed by atoms with van der Waals surface area (Å²) in [5.41, 5.74) is 0.755. The Morgan fingerprint density at radius 1 is 0.880 bits per heavy atom. The maximum Gasteiger partial charge on any atom is 0.309 e.